The van der Waals surface area contributed by atoms with Crippen LogP contribution < -0.4 is 29.4 Å². The number of nitrogens with two attached hydrogens (primary N) is 1. The van der Waals surface area contributed by atoms with Gasteiger partial charge in [0.15, 0.2) is 23.9 Å². The standard InChI is InChI=1S/2C22H16ClNO3.C15H13BrO2.C15H14O2.C7H4ClNO.Br2/c23-15-10-11-19-17(12-15)20(24)22(27-19)21(25)16-8-4-5-9-18(16)26-13-14-6-2-1-3-7-14;23-18-10-11-21(17(12-18)13-24)27-15-20(25)19-8-4-5-9-22(19)26-14-16-6-2-1-3-7-16;16-10-14(17)13-8-4-5-9-15(13)18-11-12-6-2-1-3-7-12;1-12(16)14-9-5-6-10-15(14)17-11-13-7-3-2-4-8-13;8-6-1-2-7(10)5(3-6)4-9;1-2/h1-12H,13,24H2;1-12H,14-15H2;1-9H,10-11H2;2-10H,11H2,1H3;1-3,10H;. The minimum absolute atomic E-state index is 0.0219. The summed E-state index contributed by atoms with van der Waals surface area (Å²) in [4.78, 5) is 48.8. The molecule has 0 unspecified atom stereocenters. The second-order valence-electron chi connectivity index (χ2n) is 21.2. The number of fused-ring (bicyclic) bond motifs is 1. The van der Waals surface area contributed by atoms with Crippen molar-refractivity contribution in [1.29, 1.82) is 10.5 Å². The fourth-order valence-corrected chi connectivity index (χ4v) is 10.1. The second kappa shape index (κ2) is 41.8. The zero-order valence-corrected chi connectivity index (χ0v) is 61.0. The molecule has 0 bridgehead atoms. The van der Waals surface area contributed by atoms with E-state index < -0.39 is 0 Å². The molecule has 12 rings (SSSR count). The molecule has 0 aliphatic heterocycles. The Hall–Kier alpha value is -10.5. The maximum atomic E-state index is 13.1. The number of nitrogen functional groups attached to an aromatic ring is 1. The largest absolute Gasteiger partial charge is 0.507 e. The molecule has 0 aliphatic rings. The third-order valence-corrected chi connectivity index (χ3v) is 15.5. The summed E-state index contributed by atoms with van der Waals surface area (Å²) in [5.74, 6) is 2.09. The molecule has 1 heterocycles. The van der Waals surface area contributed by atoms with Crippen LogP contribution in [0.2, 0.25) is 15.1 Å². The van der Waals surface area contributed by atoms with Crippen LogP contribution in [0.1, 0.15) is 87.5 Å². The van der Waals surface area contributed by atoms with E-state index in [1.54, 1.807) is 91.9 Å². The van der Waals surface area contributed by atoms with Crippen LogP contribution in [0.15, 0.2) is 277 Å². The molecule has 510 valence electrons. The number of furan rings is 1. The van der Waals surface area contributed by atoms with Gasteiger partial charge >= 0.3 is 0 Å². The first-order valence-corrected chi connectivity index (χ1v) is 36.6. The first-order valence-electron chi connectivity index (χ1n) is 30.7. The van der Waals surface area contributed by atoms with E-state index in [4.69, 9.17) is 84.3 Å². The molecule has 20 heteroatoms. The maximum Gasteiger partial charge on any atom is 0.234 e. The number of carbonyl (C=O) groups is 4. The van der Waals surface area contributed by atoms with Crippen molar-refractivity contribution in [1.82, 2.24) is 0 Å². The van der Waals surface area contributed by atoms with Gasteiger partial charge in [-0.05, 0) is 132 Å². The molecule has 1 aromatic heterocycles. The summed E-state index contributed by atoms with van der Waals surface area (Å²) < 4.78 is 34.3. The molecule has 0 saturated heterocycles. The number of rotatable bonds is 21. The average molecular weight is 1600 g/mol. The molecular formula is C81H63Br3Cl3N3O11. The Morgan fingerprint density at radius 2 is 0.792 bits per heavy atom. The number of phenolic OH excluding ortho intramolecular Hbond substituents is 1. The molecule has 101 heavy (non-hydrogen) atoms. The number of ether oxygens (including phenoxy) is 5. The van der Waals surface area contributed by atoms with Gasteiger partial charge in [0.1, 0.15) is 78.6 Å². The summed E-state index contributed by atoms with van der Waals surface area (Å²) in [7, 11) is 0. The molecule has 11 aromatic carbocycles. The van der Waals surface area contributed by atoms with Crippen LogP contribution in [-0.4, -0.2) is 40.2 Å². The van der Waals surface area contributed by atoms with E-state index in [1.807, 2.05) is 176 Å². The Bertz CT molecular complexity index is 4770. The number of ketones is 4. The summed E-state index contributed by atoms with van der Waals surface area (Å²) >= 11 is 26.1. The number of anilines is 1. The van der Waals surface area contributed by atoms with Crippen LogP contribution in [0, 0.1) is 22.7 Å². The number of Topliss-reactive ketones (excluding diaryl/α,β-unsaturated/α-hetero) is 3. The predicted octanol–water partition coefficient (Wildman–Crippen LogP) is 21.5. The van der Waals surface area contributed by atoms with Crippen molar-refractivity contribution in [3.63, 3.8) is 0 Å². The molecule has 3 N–H and O–H groups in total. The first kappa shape index (κ1) is 77.9. The molecule has 0 saturated carbocycles. The highest BCUT2D eigenvalue weighted by Crippen LogP contribution is 2.34. The van der Waals surface area contributed by atoms with Crippen molar-refractivity contribution in [2.75, 3.05) is 17.7 Å². The molecule has 0 atom stereocenters. The van der Waals surface area contributed by atoms with Crippen LogP contribution in [0.3, 0.4) is 0 Å². The van der Waals surface area contributed by atoms with Gasteiger partial charge in [-0.1, -0.05) is 221 Å². The number of nitrogens with zero attached hydrogens (tertiary/aromatic N) is 2. The molecule has 0 spiro atoms. The SMILES string of the molecule is BrBr.CC(=O)c1ccccc1OCc1ccccc1.N#Cc1cc(Cl)ccc1O.N#Cc1cc(Cl)ccc1OCC(=O)c1ccccc1OCc1ccccc1.Nc1c(C(=O)c2ccccc2OCc2ccccc2)oc2ccc(Cl)cc12.O=C(CBr)c1ccccc1OCc1ccccc1. The number of phenols is 1. The topological polar surface area (TPSA) is 221 Å². The Balaban J connectivity index is 0.000000182. The van der Waals surface area contributed by atoms with Gasteiger partial charge in [-0.3, -0.25) is 19.2 Å². The fourth-order valence-electron chi connectivity index (χ4n) is 9.24. The summed E-state index contributed by atoms with van der Waals surface area (Å²) in [6, 6.07) is 85.8. The summed E-state index contributed by atoms with van der Waals surface area (Å²) in [5, 5.41) is 28.8. The quantitative estimate of drug-likeness (QED) is 0.0505. The number of alkyl halides is 1. The summed E-state index contributed by atoms with van der Waals surface area (Å²) in [6.45, 7) is 3.00. The Labute approximate surface area is 623 Å². The number of carbonyl (C=O) groups excluding carboxylic acids is 4. The van der Waals surface area contributed by atoms with Gasteiger partial charge < -0.3 is 38.9 Å². The van der Waals surface area contributed by atoms with Gasteiger partial charge in [0, 0.05) is 48.7 Å². The van der Waals surface area contributed by atoms with Gasteiger partial charge in [-0.2, -0.15) is 10.5 Å². The maximum absolute atomic E-state index is 13.1. The number of para-hydroxylation sites is 4. The van der Waals surface area contributed by atoms with Crippen LogP contribution in [0.5, 0.6) is 34.5 Å². The van der Waals surface area contributed by atoms with E-state index in [-0.39, 0.29) is 58.1 Å². The van der Waals surface area contributed by atoms with Crippen molar-refractivity contribution >= 4 is 119 Å². The Kier molecular flexibility index (Phi) is 32.2. The molecule has 14 nitrogen and oxygen atoms in total. The van der Waals surface area contributed by atoms with E-state index in [0.29, 0.717) is 109 Å². The Morgan fingerprint density at radius 3 is 1.22 bits per heavy atom. The van der Waals surface area contributed by atoms with Crippen molar-refractivity contribution in [3.05, 3.63) is 349 Å². The number of halogens is 6. The minimum atomic E-state index is -0.330. The number of nitriles is 2. The van der Waals surface area contributed by atoms with Crippen molar-refractivity contribution in [2.24, 2.45) is 0 Å². The fraction of sp³-hybridized carbons (Fsp3) is 0.0864. The van der Waals surface area contributed by atoms with E-state index in [1.165, 1.54) is 24.3 Å². The van der Waals surface area contributed by atoms with Gasteiger partial charge in [0.25, 0.3) is 0 Å². The van der Waals surface area contributed by atoms with Gasteiger partial charge in [0.05, 0.1) is 44.4 Å². The molecule has 0 amide bonds. The Morgan fingerprint density at radius 1 is 0.436 bits per heavy atom. The van der Waals surface area contributed by atoms with E-state index in [0.717, 1.165) is 22.3 Å². The molecule has 0 fully saturated rings. The minimum Gasteiger partial charge on any atom is -0.507 e. The van der Waals surface area contributed by atoms with E-state index in [2.05, 4.69) is 44.2 Å². The lowest BCUT2D eigenvalue weighted by Gasteiger charge is -2.12. The summed E-state index contributed by atoms with van der Waals surface area (Å²) in [5.41, 5.74) is 13.7. The number of hydrogen-bond donors (Lipinski definition) is 2. The van der Waals surface area contributed by atoms with E-state index in [9.17, 15) is 19.2 Å². The number of benzene rings is 11. The average Bonchev–Trinajstić information content (AvgIpc) is 1.64. The lowest BCUT2D eigenvalue weighted by Crippen LogP contribution is -2.13. The highest BCUT2D eigenvalue weighted by Gasteiger charge is 2.24. The number of hydrogen-bond acceptors (Lipinski definition) is 14. The zero-order chi connectivity index (χ0) is 72.3. The van der Waals surface area contributed by atoms with Crippen molar-refractivity contribution < 1.29 is 52.4 Å². The lowest BCUT2D eigenvalue weighted by molar-refractivity contribution is 0.0915. The van der Waals surface area contributed by atoms with Gasteiger partial charge in [-0.15, -0.1) is 0 Å². The third-order valence-electron chi connectivity index (χ3n) is 14.2. The monoisotopic (exact) mass is 1600 g/mol. The molecular weight excluding hydrogens is 1540 g/mol. The van der Waals surface area contributed by atoms with Crippen molar-refractivity contribution in [2.45, 2.75) is 33.4 Å². The highest BCUT2D eigenvalue weighted by molar-refractivity contribution is 9.93. The van der Waals surface area contributed by atoms with Crippen molar-refractivity contribution in [3.8, 4) is 46.6 Å². The zero-order valence-electron chi connectivity index (χ0n) is 54.0. The van der Waals surface area contributed by atoms with Gasteiger partial charge in [0.2, 0.25) is 11.6 Å². The van der Waals surface area contributed by atoms with Gasteiger partial charge in [-0.25, -0.2) is 0 Å². The molecule has 12 aromatic rings. The van der Waals surface area contributed by atoms with Crippen LogP contribution in [0.4, 0.5) is 5.69 Å². The smallest absolute Gasteiger partial charge is 0.234 e. The molecule has 0 aliphatic carbocycles. The predicted molar refractivity (Wildman–Crippen MR) is 408 cm³/mol. The first-order chi connectivity index (χ1) is 49.1. The van der Waals surface area contributed by atoms with Crippen LogP contribution >= 0.6 is 79.0 Å². The third kappa shape index (κ3) is 24.4. The lowest BCUT2D eigenvalue weighted by atomic mass is 10.1. The summed E-state index contributed by atoms with van der Waals surface area (Å²) in [6.07, 6.45) is 0. The number of aromatic hydroxyl groups is 1. The second-order valence-corrected chi connectivity index (χ2v) is 23.1. The molecule has 0 radical (unpaired) electrons. The van der Waals surface area contributed by atoms with E-state index >= 15 is 0 Å². The highest BCUT2D eigenvalue weighted by atomic mass is 80.9. The van der Waals surface area contributed by atoms with Crippen LogP contribution in [0.25, 0.3) is 11.0 Å². The van der Waals surface area contributed by atoms with Crippen LogP contribution in [-0.2, 0) is 26.4 Å². The normalized spacial score (nSPS) is 9.99.